The number of aryl methyl sites for hydroxylation is 1. The van der Waals surface area contributed by atoms with E-state index in [4.69, 9.17) is 4.74 Å². The van der Waals surface area contributed by atoms with Gasteiger partial charge in [0.1, 0.15) is 5.75 Å². The van der Waals surface area contributed by atoms with Crippen LogP contribution >= 0.6 is 11.8 Å². The SMILES string of the molecule is C=CCNC(=O)C1CSc2ccc(C)cc2O1. The van der Waals surface area contributed by atoms with Gasteiger partial charge >= 0.3 is 0 Å². The van der Waals surface area contributed by atoms with Gasteiger partial charge in [0.05, 0.1) is 0 Å². The summed E-state index contributed by atoms with van der Waals surface area (Å²) in [4.78, 5) is 12.9. The van der Waals surface area contributed by atoms with Crippen LogP contribution in [0.5, 0.6) is 5.75 Å². The molecule has 17 heavy (non-hydrogen) atoms. The van der Waals surface area contributed by atoms with E-state index in [-0.39, 0.29) is 5.91 Å². The first kappa shape index (κ1) is 12.0. The first-order valence-electron chi connectivity index (χ1n) is 5.49. The molecule has 2 rings (SSSR count). The highest BCUT2D eigenvalue weighted by Crippen LogP contribution is 2.35. The zero-order valence-electron chi connectivity index (χ0n) is 9.73. The molecule has 90 valence electrons. The molecule has 1 amide bonds. The number of thioether (sulfide) groups is 1. The molecule has 0 aromatic heterocycles. The van der Waals surface area contributed by atoms with Gasteiger partial charge in [-0.2, -0.15) is 0 Å². The van der Waals surface area contributed by atoms with Gasteiger partial charge in [0.15, 0.2) is 6.10 Å². The zero-order chi connectivity index (χ0) is 12.3. The summed E-state index contributed by atoms with van der Waals surface area (Å²) in [5, 5.41) is 2.75. The van der Waals surface area contributed by atoms with Gasteiger partial charge in [0.25, 0.3) is 5.91 Å². The van der Waals surface area contributed by atoms with Crippen molar-refractivity contribution in [1.82, 2.24) is 5.32 Å². The van der Waals surface area contributed by atoms with Crippen LogP contribution in [-0.2, 0) is 4.79 Å². The topological polar surface area (TPSA) is 38.3 Å². The zero-order valence-corrected chi connectivity index (χ0v) is 10.5. The molecule has 0 saturated heterocycles. The van der Waals surface area contributed by atoms with Crippen molar-refractivity contribution in [1.29, 1.82) is 0 Å². The summed E-state index contributed by atoms with van der Waals surface area (Å²) in [6.07, 6.45) is 1.25. The fourth-order valence-corrected chi connectivity index (χ4v) is 2.56. The Balaban J connectivity index is 2.07. The molecule has 1 unspecified atom stereocenters. The number of amides is 1. The van der Waals surface area contributed by atoms with Gasteiger partial charge in [-0.05, 0) is 24.6 Å². The fourth-order valence-electron chi connectivity index (χ4n) is 1.60. The Morgan fingerprint density at radius 3 is 3.29 bits per heavy atom. The quantitative estimate of drug-likeness (QED) is 0.834. The highest BCUT2D eigenvalue weighted by molar-refractivity contribution is 7.99. The van der Waals surface area contributed by atoms with Gasteiger partial charge in [0.2, 0.25) is 0 Å². The van der Waals surface area contributed by atoms with Crippen molar-refractivity contribution in [3.63, 3.8) is 0 Å². The lowest BCUT2D eigenvalue weighted by molar-refractivity contribution is -0.127. The van der Waals surface area contributed by atoms with Crippen LogP contribution in [0.15, 0.2) is 35.7 Å². The smallest absolute Gasteiger partial charge is 0.262 e. The Labute approximate surface area is 105 Å². The van der Waals surface area contributed by atoms with Crippen molar-refractivity contribution >= 4 is 17.7 Å². The third-order valence-electron chi connectivity index (χ3n) is 2.47. The second kappa shape index (κ2) is 5.27. The van der Waals surface area contributed by atoms with Crippen molar-refractivity contribution in [2.75, 3.05) is 12.3 Å². The number of rotatable bonds is 3. The predicted octanol–water partition coefficient (Wildman–Crippen LogP) is 2.15. The molecule has 1 aromatic carbocycles. The van der Waals surface area contributed by atoms with Gasteiger partial charge in [-0.1, -0.05) is 12.1 Å². The summed E-state index contributed by atoms with van der Waals surface area (Å²) in [5.74, 6) is 1.38. The summed E-state index contributed by atoms with van der Waals surface area (Å²) >= 11 is 1.66. The lowest BCUT2D eigenvalue weighted by Crippen LogP contribution is -2.41. The van der Waals surface area contributed by atoms with E-state index in [2.05, 4.69) is 11.9 Å². The predicted molar refractivity (Wildman–Crippen MR) is 69.5 cm³/mol. The largest absolute Gasteiger partial charge is 0.479 e. The van der Waals surface area contributed by atoms with E-state index in [1.807, 2.05) is 25.1 Å². The van der Waals surface area contributed by atoms with Crippen molar-refractivity contribution < 1.29 is 9.53 Å². The summed E-state index contributed by atoms with van der Waals surface area (Å²) in [6, 6.07) is 6.05. The Hall–Kier alpha value is -1.42. The number of carbonyl (C=O) groups excluding carboxylic acids is 1. The molecule has 4 heteroatoms. The molecule has 0 bridgehead atoms. The van der Waals surface area contributed by atoms with Gasteiger partial charge in [-0.25, -0.2) is 0 Å². The summed E-state index contributed by atoms with van der Waals surface area (Å²) in [7, 11) is 0. The van der Waals surface area contributed by atoms with Crippen LogP contribution in [0, 0.1) is 6.92 Å². The lowest BCUT2D eigenvalue weighted by atomic mass is 10.2. The highest BCUT2D eigenvalue weighted by Gasteiger charge is 2.26. The third-order valence-corrected chi connectivity index (χ3v) is 3.59. The van der Waals surface area contributed by atoms with Crippen LogP contribution in [0.3, 0.4) is 0 Å². The number of nitrogens with one attached hydrogen (secondary N) is 1. The van der Waals surface area contributed by atoms with E-state index < -0.39 is 6.10 Å². The molecule has 0 aliphatic carbocycles. The molecular formula is C13H15NO2S. The highest BCUT2D eigenvalue weighted by atomic mass is 32.2. The number of hydrogen-bond donors (Lipinski definition) is 1. The maximum Gasteiger partial charge on any atom is 0.262 e. The normalized spacial score (nSPS) is 17.8. The molecule has 1 atom stereocenters. The van der Waals surface area contributed by atoms with Gasteiger partial charge in [-0.15, -0.1) is 18.3 Å². The minimum absolute atomic E-state index is 0.0791. The maximum atomic E-state index is 11.8. The molecule has 1 aliphatic heterocycles. The van der Waals surface area contributed by atoms with E-state index in [0.717, 1.165) is 16.2 Å². The van der Waals surface area contributed by atoms with Crippen molar-refractivity contribution in [2.45, 2.75) is 17.9 Å². The maximum absolute atomic E-state index is 11.8. The summed E-state index contributed by atoms with van der Waals surface area (Å²) in [6.45, 7) is 6.05. The lowest BCUT2D eigenvalue weighted by Gasteiger charge is -2.24. The molecule has 1 N–H and O–H groups in total. The number of benzene rings is 1. The Kier molecular flexibility index (Phi) is 3.74. The van der Waals surface area contributed by atoms with Crippen molar-refractivity contribution in [3.8, 4) is 5.75 Å². The van der Waals surface area contributed by atoms with Gasteiger partial charge < -0.3 is 10.1 Å². The van der Waals surface area contributed by atoms with Crippen molar-refractivity contribution in [3.05, 3.63) is 36.4 Å². The van der Waals surface area contributed by atoms with Crippen LogP contribution in [0.25, 0.3) is 0 Å². The second-order valence-electron chi connectivity index (χ2n) is 3.90. The Morgan fingerprint density at radius 1 is 1.71 bits per heavy atom. The van der Waals surface area contributed by atoms with Crippen LogP contribution in [0.2, 0.25) is 0 Å². The molecule has 3 nitrogen and oxygen atoms in total. The molecule has 1 aliphatic rings. The molecule has 1 heterocycles. The van der Waals surface area contributed by atoms with E-state index in [0.29, 0.717) is 12.3 Å². The first-order valence-corrected chi connectivity index (χ1v) is 6.48. The standard InChI is InChI=1S/C13H15NO2S/c1-3-6-14-13(15)11-8-17-12-5-4-9(2)7-10(12)16-11/h3-5,7,11H,1,6,8H2,2H3,(H,14,15). The summed E-state index contributed by atoms with van der Waals surface area (Å²) in [5.41, 5.74) is 1.14. The Bertz CT molecular complexity index is 445. The monoisotopic (exact) mass is 249 g/mol. The molecule has 0 saturated carbocycles. The first-order chi connectivity index (χ1) is 8.20. The van der Waals surface area contributed by atoms with Crippen LogP contribution in [0.4, 0.5) is 0 Å². The Morgan fingerprint density at radius 2 is 2.53 bits per heavy atom. The van der Waals surface area contributed by atoms with E-state index >= 15 is 0 Å². The molecule has 0 fully saturated rings. The summed E-state index contributed by atoms with van der Waals surface area (Å²) < 4.78 is 5.70. The average Bonchev–Trinajstić information content (AvgIpc) is 2.35. The van der Waals surface area contributed by atoms with Crippen LogP contribution < -0.4 is 10.1 Å². The minimum Gasteiger partial charge on any atom is -0.479 e. The van der Waals surface area contributed by atoms with Gasteiger partial charge in [0, 0.05) is 17.2 Å². The average molecular weight is 249 g/mol. The minimum atomic E-state index is -0.408. The molecule has 0 radical (unpaired) electrons. The third kappa shape index (κ3) is 2.82. The van der Waals surface area contributed by atoms with Crippen LogP contribution in [-0.4, -0.2) is 24.3 Å². The molecular weight excluding hydrogens is 234 g/mol. The number of hydrogen-bond acceptors (Lipinski definition) is 3. The fraction of sp³-hybridized carbons (Fsp3) is 0.308. The van der Waals surface area contributed by atoms with Crippen molar-refractivity contribution in [2.24, 2.45) is 0 Å². The molecule has 0 spiro atoms. The number of carbonyl (C=O) groups is 1. The van der Waals surface area contributed by atoms with Gasteiger partial charge in [-0.3, -0.25) is 4.79 Å². The molecule has 1 aromatic rings. The van der Waals surface area contributed by atoms with E-state index in [9.17, 15) is 4.79 Å². The number of ether oxygens (including phenoxy) is 1. The van der Waals surface area contributed by atoms with Crippen LogP contribution in [0.1, 0.15) is 5.56 Å². The van der Waals surface area contributed by atoms with E-state index in [1.54, 1.807) is 17.8 Å². The number of fused-ring (bicyclic) bond motifs is 1. The van der Waals surface area contributed by atoms with E-state index in [1.165, 1.54) is 0 Å². The second-order valence-corrected chi connectivity index (χ2v) is 4.96.